The zero-order valence-electron chi connectivity index (χ0n) is 20.1. The Bertz CT molecular complexity index is 1590. The Morgan fingerprint density at radius 3 is 2.21 bits per heavy atom. The zero-order valence-corrected chi connectivity index (χ0v) is 22.5. The molecule has 192 valence electrons. The van der Waals surface area contributed by atoms with E-state index in [2.05, 4.69) is 31.2 Å². The highest BCUT2D eigenvalue weighted by Crippen LogP contribution is 2.18. The Balaban J connectivity index is 1.30. The largest absolute Gasteiger partial charge is 0.423 e. The first-order valence-electron chi connectivity index (χ1n) is 11.3. The zero-order chi connectivity index (χ0) is 27.1. The van der Waals surface area contributed by atoms with Gasteiger partial charge in [-0.2, -0.15) is 5.10 Å². The first kappa shape index (κ1) is 26.8. The highest BCUT2D eigenvalue weighted by atomic mass is 79.9. The fourth-order valence-corrected chi connectivity index (χ4v) is 4.71. The van der Waals surface area contributed by atoms with Crippen LogP contribution in [0.2, 0.25) is 0 Å². The second kappa shape index (κ2) is 11.8. The average molecular weight is 592 g/mol. The molecular weight excluding hydrogens is 570 g/mol. The fourth-order valence-electron chi connectivity index (χ4n) is 3.25. The number of halogens is 1. The van der Waals surface area contributed by atoms with Crippen LogP contribution in [0.15, 0.2) is 112 Å². The summed E-state index contributed by atoms with van der Waals surface area (Å²) < 4.78 is 33.7. The number of nitrogens with zero attached hydrogens (tertiary/aromatic N) is 1. The lowest BCUT2D eigenvalue weighted by Gasteiger charge is -2.09. The van der Waals surface area contributed by atoms with Crippen LogP contribution in [-0.2, 0) is 10.0 Å². The topological polar surface area (TPSA) is 114 Å². The summed E-state index contributed by atoms with van der Waals surface area (Å²) in [5.74, 6) is -0.572. The second-order valence-electron chi connectivity index (χ2n) is 8.16. The van der Waals surface area contributed by atoms with Gasteiger partial charge in [0, 0.05) is 15.7 Å². The first-order valence-corrected chi connectivity index (χ1v) is 13.6. The van der Waals surface area contributed by atoms with E-state index in [9.17, 15) is 18.0 Å². The quantitative estimate of drug-likeness (QED) is 0.121. The van der Waals surface area contributed by atoms with Gasteiger partial charge in [0.25, 0.3) is 15.9 Å². The molecule has 0 heterocycles. The van der Waals surface area contributed by atoms with Crippen LogP contribution >= 0.6 is 15.9 Å². The van der Waals surface area contributed by atoms with Crippen molar-refractivity contribution in [2.75, 3.05) is 4.72 Å². The lowest BCUT2D eigenvalue weighted by Crippen LogP contribution is -2.18. The average Bonchev–Trinajstić information content (AvgIpc) is 2.90. The summed E-state index contributed by atoms with van der Waals surface area (Å²) in [6.07, 6.45) is 1.45. The molecule has 0 unspecified atom stereocenters. The molecule has 38 heavy (non-hydrogen) atoms. The number of nitrogens with one attached hydrogen (secondary N) is 2. The number of carbonyl (C=O) groups excluding carboxylic acids is 2. The maximum atomic E-state index is 12.5. The van der Waals surface area contributed by atoms with Gasteiger partial charge in [0.2, 0.25) is 0 Å². The van der Waals surface area contributed by atoms with E-state index < -0.39 is 21.9 Å². The predicted octanol–water partition coefficient (Wildman–Crippen LogP) is 5.54. The van der Waals surface area contributed by atoms with Crippen molar-refractivity contribution in [2.45, 2.75) is 11.8 Å². The highest BCUT2D eigenvalue weighted by Gasteiger charge is 2.14. The van der Waals surface area contributed by atoms with Gasteiger partial charge in [-0.25, -0.2) is 18.6 Å². The van der Waals surface area contributed by atoms with E-state index in [4.69, 9.17) is 4.74 Å². The van der Waals surface area contributed by atoms with Crippen molar-refractivity contribution < 1.29 is 22.7 Å². The van der Waals surface area contributed by atoms with E-state index in [1.165, 1.54) is 42.6 Å². The van der Waals surface area contributed by atoms with Crippen LogP contribution in [-0.4, -0.2) is 26.5 Å². The molecule has 4 rings (SSSR count). The fraction of sp³-hybridized carbons (Fsp3) is 0.0357. The third-order valence-corrected chi connectivity index (χ3v) is 7.15. The van der Waals surface area contributed by atoms with Crippen LogP contribution in [0, 0.1) is 6.92 Å². The van der Waals surface area contributed by atoms with E-state index in [1.807, 2.05) is 13.0 Å². The van der Waals surface area contributed by atoms with Gasteiger partial charge in [0.05, 0.1) is 16.7 Å². The smallest absolute Gasteiger partial charge is 0.343 e. The minimum Gasteiger partial charge on any atom is -0.423 e. The molecule has 2 N–H and O–H groups in total. The number of ether oxygens (including phenoxy) is 1. The summed E-state index contributed by atoms with van der Waals surface area (Å²) in [6.45, 7) is 1.87. The Morgan fingerprint density at radius 2 is 1.55 bits per heavy atom. The van der Waals surface area contributed by atoms with Gasteiger partial charge in [-0.3, -0.25) is 9.52 Å². The van der Waals surface area contributed by atoms with Crippen LogP contribution in [0.4, 0.5) is 5.69 Å². The monoisotopic (exact) mass is 591 g/mol. The summed E-state index contributed by atoms with van der Waals surface area (Å²) >= 11 is 3.32. The Morgan fingerprint density at radius 1 is 0.868 bits per heavy atom. The first-order chi connectivity index (χ1) is 18.2. The van der Waals surface area contributed by atoms with Crippen LogP contribution < -0.4 is 14.9 Å². The normalized spacial score (nSPS) is 11.2. The summed E-state index contributed by atoms with van der Waals surface area (Å²) in [5, 5.41) is 3.95. The number of anilines is 1. The molecule has 1 amide bonds. The van der Waals surface area contributed by atoms with E-state index in [1.54, 1.807) is 54.6 Å². The molecule has 0 fully saturated rings. The molecule has 4 aromatic rings. The summed E-state index contributed by atoms with van der Waals surface area (Å²) in [7, 11) is -3.74. The number of hydrogen-bond acceptors (Lipinski definition) is 6. The minimum atomic E-state index is -3.74. The number of hydrogen-bond donors (Lipinski definition) is 2. The van der Waals surface area contributed by atoms with Gasteiger partial charge in [-0.05, 0) is 91.3 Å². The van der Waals surface area contributed by atoms with Gasteiger partial charge < -0.3 is 4.74 Å². The molecule has 0 spiro atoms. The van der Waals surface area contributed by atoms with Crippen LogP contribution in [0.5, 0.6) is 5.75 Å². The standard InChI is InChI=1S/C28H22BrN3O5S/c1-19-5-15-26(16-6-19)38(35,36)32-24-11-9-21(10-12-24)27(33)31-30-18-20-7-13-25(14-8-20)37-28(34)22-3-2-4-23(29)17-22/h2-18,32H,1H3,(H,31,33)/b30-18+. The second-order valence-corrected chi connectivity index (χ2v) is 10.8. The Hall–Kier alpha value is -4.28. The van der Waals surface area contributed by atoms with Gasteiger partial charge >= 0.3 is 5.97 Å². The summed E-state index contributed by atoms with van der Waals surface area (Å²) in [6, 6.07) is 26.0. The molecule has 8 nitrogen and oxygen atoms in total. The van der Waals surface area contributed by atoms with Gasteiger partial charge in [-0.15, -0.1) is 0 Å². The van der Waals surface area contributed by atoms with E-state index >= 15 is 0 Å². The molecule has 0 atom stereocenters. The lowest BCUT2D eigenvalue weighted by molar-refractivity contribution is 0.0734. The van der Waals surface area contributed by atoms with Crippen molar-refractivity contribution >= 4 is 49.7 Å². The number of aryl methyl sites for hydroxylation is 1. The molecule has 0 aliphatic carbocycles. The molecule has 0 bridgehead atoms. The van der Waals surface area contributed by atoms with Gasteiger partial charge in [0.1, 0.15) is 5.75 Å². The number of sulfonamides is 1. The van der Waals surface area contributed by atoms with Crippen molar-refractivity contribution in [1.82, 2.24) is 5.43 Å². The van der Waals surface area contributed by atoms with Crippen molar-refractivity contribution in [3.63, 3.8) is 0 Å². The maximum Gasteiger partial charge on any atom is 0.343 e. The molecular formula is C28H22BrN3O5S. The van der Waals surface area contributed by atoms with Crippen molar-refractivity contribution in [2.24, 2.45) is 5.10 Å². The lowest BCUT2D eigenvalue weighted by atomic mass is 10.2. The van der Waals surface area contributed by atoms with Crippen molar-refractivity contribution in [1.29, 1.82) is 0 Å². The number of carbonyl (C=O) groups is 2. The van der Waals surface area contributed by atoms with E-state index in [0.29, 0.717) is 28.1 Å². The Kier molecular flexibility index (Phi) is 8.35. The van der Waals surface area contributed by atoms with Crippen LogP contribution in [0.25, 0.3) is 0 Å². The number of hydrazone groups is 1. The number of rotatable bonds is 8. The maximum absolute atomic E-state index is 12.5. The van der Waals surface area contributed by atoms with E-state index in [-0.39, 0.29) is 4.90 Å². The molecule has 0 aliphatic heterocycles. The molecule has 0 aliphatic rings. The molecule has 0 saturated heterocycles. The number of benzene rings is 4. The molecule has 10 heteroatoms. The molecule has 0 aromatic heterocycles. The Labute approximate surface area is 228 Å². The number of esters is 1. The predicted molar refractivity (Wildman–Crippen MR) is 149 cm³/mol. The highest BCUT2D eigenvalue weighted by molar-refractivity contribution is 9.10. The van der Waals surface area contributed by atoms with Crippen LogP contribution in [0.3, 0.4) is 0 Å². The third-order valence-electron chi connectivity index (χ3n) is 5.26. The SMILES string of the molecule is Cc1ccc(S(=O)(=O)Nc2ccc(C(=O)N/N=C/c3ccc(OC(=O)c4cccc(Br)c4)cc3)cc2)cc1. The van der Waals surface area contributed by atoms with E-state index in [0.717, 1.165) is 10.0 Å². The molecule has 0 radical (unpaired) electrons. The van der Waals surface area contributed by atoms with Gasteiger partial charge in [-0.1, -0.05) is 39.7 Å². The summed E-state index contributed by atoms with van der Waals surface area (Å²) in [4.78, 5) is 24.8. The summed E-state index contributed by atoms with van der Waals surface area (Å²) in [5.41, 5.74) is 5.10. The van der Waals surface area contributed by atoms with Gasteiger partial charge in [0.15, 0.2) is 0 Å². The van der Waals surface area contributed by atoms with Crippen LogP contribution in [0.1, 0.15) is 31.8 Å². The number of amides is 1. The molecule has 4 aromatic carbocycles. The van der Waals surface area contributed by atoms with Crippen molar-refractivity contribution in [3.05, 3.63) is 124 Å². The van der Waals surface area contributed by atoms with Crippen molar-refractivity contribution in [3.8, 4) is 5.75 Å². The third kappa shape index (κ3) is 7.15. The minimum absolute atomic E-state index is 0.148. The molecule has 0 saturated carbocycles.